The van der Waals surface area contributed by atoms with Gasteiger partial charge in [-0.25, -0.2) is 0 Å². The van der Waals surface area contributed by atoms with Crippen molar-refractivity contribution in [2.45, 2.75) is 6.92 Å². The number of nitrogens with zero attached hydrogens (tertiary/aromatic N) is 1. The predicted octanol–water partition coefficient (Wildman–Crippen LogP) is 3.12. The van der Waals surface area contributed by atoms with E-state index in [4.69, 9.17) is 4.42 Å². The first-order valence-electron chi connectivity index (χ1n) is 3.98. The number of aryl methyl sites for hydroxylation is 1. The Hall–Kier alpha value is -0.960. The van der Waals surface area contributed by atoms with Crippen LogP contribution in [0.5, 0.6) is 0 Å². The van der Waals surface area contributed by atoms with Crippen molar-refractivity contribution in [3.63, 3.8) is 0 Å². The Balaban J connectivity index is 0.000000251. The summed E-state index contributed by atoms with van der Waals surface area (Å²) in [6, 6.07) is 3.83. The summed E-state index contributed by atoms with van der Waals surface area (Å²) in [5, 5.41) is 0. The molecule has 0 saturated heterocycles. The number of fused-ring (bicyclic) bond motifs is 1. The summed E-state index contributed by atoms with van der Waals surface area (Å²) >= 11 is 1.75. The highest BCUT2D eigenvalue weighted by atomic mass is 32.2. The van der Waals surface area contributed by atoms with Gasteiger partial charge in [0.2, 0.25) is 0 Å². The van der Waals surface area contributed by atoms with E-state index in [1.807, 2.05) is 37.8 Å². The molecule has 0 saturated carbocycles. The van der Waals surface area contributed by atoms with E-state index in [1.54, 1.807) is 18.0 Å². The highest BCUT2D eigenvalue weighted by molar-refractivity contribution is 7.97. The van der Waals surface area contributed by atoms with E-state index in [-0.39, 0.29) is 0 Å². The highest BCUT2D eigenvalue weighted by Crippen LogP contribution is 2.12. The van der Waals surface area contributed by atoms with Gasteiger partial charge in [-0.05, 0) is 31.1 Å². The first-order chi connectivity index (χ1) is 6.27. The second-order valence-corrected chi connectivity index (χ2v) is 3.54. The van der Waals surface area contributed by atoms with Crippen LogP contribution in [0.15, 0.2) is 29.0 Å². The van der Waals surface area contributed by atoms with Crippen LogP contribution >= 0.6 is 11.8 Å². The van der Waals surface area contributed by atoms with Crippen LogP contribution in [0.25, 0.3) is 11.1 Å². The third-order valence-corrected chi connectivity index (χ3v) is 1.44. The van der Waals surface area contributed by atoms with Crippen molar-refractivity contribution in [2.75, 3.05) is 12.5 Å². The molecule has 0 atom stereocenters. The van der Waals surface area contributed by atoms with Gasteiger partial charge in [-0.2, -0.15) is 11.8 Å². The minimum Gasteiger partial charge on any atom is -0.463 e. The monoisotopic (exact) mass is 195 g/mol. The number of aromatic nitrogens is 1. The fraction of sp³-hybridized carbons (Fsp3) is 0.300. The fourth-order valence-corrected chi connectivity index (χ4v) is 0.944. The summed E-state index contributed by atoms with van der Waals surface area (Å²) in [5.74, 6) is 0. The molecule has 3 heteroatoms. The van der Waals surface area contributed by atoms with Crippen LogP contribution in [0.4, 0.5) is 0 Å². The summed E-state index contributed by atoms with van der Waals surface area (Å²) in [4.78, 5) is 4.15. The second kappa shape index (κ2) is 4.92. The molecule has 0 fully saturated rings. The first kappa shape index (κ1) is 10.1. The maximum absolute atomic E-state index is 5.14. The topological polar surface area (TPSA) is 26.0 Å². The molecule has 2 aromatic rings. The Morgan fingerprint density at radius 2 is 2.08 bits per heavy atom. The molecular formula is C10H13NOS. The van der Waals surface area contributed by atoms with Crippen molar-refractivity contribution < 1.29 is 4.42 Å². The van der Waals surface area contributed by atoms with Crippen LogP contribution in [0.2, 0.25) is 0 Å². The normalized spacial score (nSPS) is 9.46. The average Bonchev–Trinajstić information content (AvgIpc) is 2.52. The Bertz CT molecular complexity index is 370. The third kappa shape index (κ3) is 2.77. The van der Waals surface area contributed by atoms with Gasteiger partial charge < -0.3 is 4.42 Å². The fourth-order valence-electron chi connectivity index (χ4n) is 0.944. The summed E-state index contributed by atoms with van der Waals surface area (Å²) in [6.07, 6.45) is 7.56. The highest BCUT2D eigenvalue weighted by Gasteiger charge is 1.95. The quantitative estimate of drug-likeness (QED) is 0.646. The van der Waals surface area contributed by atoms with Gasteiger partial charge in [0.1, 0.15) is 5.52 Å². The largest absolute Gasteiger partial charge is 0.463 e. The van der Waals surface area contributed by atoms with E-state index in [0.717, 1.165) is 16.7 Å². The SMILES string of the molecule is CSC.Cc1cnc2ccoc2c1. The Kier molecular flexibility index (Phi) is 3.83. The zero-order valence-corrected chi connectivity index (χ0v) is 8.89. The predicted molar refractivity (Wildman–Crippen MR) is 58.2 cm³/mol. The van der Waals surface area contributed by atoms with Crippen LogP contribution < -0.4 is 0 Å². The van der Waals surface area contributed by atoms with Crippen LogP contribution in [-0.4, -0.2) is 17.5 Å². The maximum Gasteiger partial charge on any atom is 0.152 e. The maximum atomic E-state index is 5.14. The molecule has 0 radical (unpaired) electrons. The molecule has 2 nitrogen and oxygen atoms in total. The van der Waals surface area contributed by atoms with Gasteiger partial charge in [0, 0.05) is 12.3 Å². The van der Waals surface area contributed by atoms with Crippen LogP contribution in [0.3, 0.4) is 0 Å². The summed E-state index contributed by atoms with van der Waals surface area (Å²) in [7, 11) is 0. The summed E-state index contributed by atoms with van der Waals surface area (Å²) in [6.45, 7) is 2.00. The summed E-state index contributed by atoms with van der Waals surface area (Å²) in [5.41, 5.74) is 2.91. The molecule has 0 aliphatic rings. The van der Waals surface area contributed by atoms with Crippen molar-refractivity contribution in [1.29, 1.82) is 0 Å². The van der Waals surface area contributed by atoms with Gasteiger partial charge in [0.25, 0.3) is 0 Å². The molecule has 0 unspecified atom stereocenters. The van der Waals surface area contributed by atoms with Crippen LogP contribution in [0.1, 0.15) is 5.56 Å². The number of furan rings is 1. The Morgan fingerprint density at radius 3 is 2.77 bits per heavy atom. The van der Waals surface area contributed by atoms with E-state index >= 15 is 0 Å². The van der Waals surface area contributed by atoms with Gasteiger partial charge in [0.15, 0.2) is 5.58 Å². The second-order valence-electron chi connectivity index (χ2n) is 2.72. The molecule has 0 amide bonds. The molecule has 0 spiro atoms. The molecule has 13 heavy (non-hydrogen) atoms. The van der Waals surface area contributed by atoms with E-state index in [9.17, 15) is 0 Å². The third-order valence-electron chi connectivity index (χ3n) is 1.44. The van der Waals surface area contributed by atoms with E-state index in [2.05, 4.69) is 4.98 Å². The number of thioether (sulfide) groups is 1. The Morgan fingerprint density at radius 1 is 1.38 bits per heavy atom. The van der Waals surface area contributed by atoms with E-state index in [0.29, 0.717) is 0 Å². The van der Waals surface area contributed by atoms with Crippen molar-refractivity contribution >= 4 is 22.9 Å². The standard InChI is InChI=1S/C8H7NO.C2H6S/c1-6-4-8-7(9-5-6)2-3-10-8;1-3-2/h2-5H,1H3;1-2H3. The average molecular weight is 195 g/mol. The first-order valence-corrected chi connectivity index (χ1v) is 5.61. The lowest BCUT2D eigenvalue weighted by atomic mass is 10.3. The number of pyridine rings is 1. The van der Waals surface area contributed by atoms with Crippen LogP contribution in [-0.2, 0) is 0 Å². The van der Waals surface area contributed by atoms with Crippen molar-refractivity contribution in [3.8, 4) is 0 Å². The molecule has 2 aromatic heterocycles. The molecule has 0 bridgehead atoms. The van der Waals surface area contributed by atoms with E-state index < -0.39 is 0 Å². The molecule has 70 valence electrons. The summed E-state index contributed by atoms with van der Waals surface area (Å²) < 4.78 is 5.14. The lowest BCUT2D eigenvalue weighted by molar-refractivity contribution is 0.615. The zero-order valence-electron chi connectivity index (χ0n) is 8.07. The molecule has 2 rings (SSSR count). The number of rotatable bonds is 0. The molecule has 0 N–H and O–H groups in total. The molecule has 2 heterocycles. The lowest BCUT2D eigenvalue weighted by Crippen LogP contribution is -1.74. The minimum atomic E-state index is 0.861. The smallest absolute Gasteiger partial charge is 0.152 e. The Labute approximate surface area is 82.4 Å². The van der Waals surface area contributed by atoms with Gasteiger partial charge in [0.05, 0.1) is 6.26 Å². The molecule has 0 aliphatic carbocycles. The zero-order chi connectivity index (χ0) is 9.68. The van der Waals surface area contributed by atoms with Gasteiger partial charge in [-0.15, -0.1) is 0 Å². The van der Waals surface area contributed by atoms with Crippen molar-refractivity contribution in [3.05, 3.63) is 30.2 Å². The van der Waals surface area contributed by atoms with Gasteiger partial charge in [-0.1, -0.05) is 0 Å². The van der Waals surface area contributed by atoms with Crippen LogP contribution in [0, 0.1) is 6.92 Å². The molecular weight excluding hydrogens is 182 g/mol. The number of hydrogen-bond acceptors (Lipinski definition) is 3. The lowest BCUT2D eigenvalue weighted by Gasteiger charge is -1.88. The number of hydrogen-bond donors (Lipinski definition) is 0. The molecule has 0 aliphatic heterocycles. The molecule has 0 aromatic carbocycles. The minimum absolute atomic E-state index is 0.861. The van der Waals surface area contributed by atoms with E-state index in [1.165, 1.54) is 0 Å². The van der Waals surface area contributed by atoms with Gasteiger partial charge >= 0.3 is 0 Å². The van der Waals surface area contributed by atoms with Gasteiger partial charge in [-0.3, -0.25) is 4.98 Å². The van der Waals surface area contributed by atoms with Crippen molar-refractivity contribution in [1.82, 2.24) is 4.98 Å². The van der Waals surface area contributed by atoms with Crippen molar-refractivity contribution in [2.24, 2.45) is 0 Å².